The van der Waals surface area contributed by atoms with E-state index in [1.54, 1.807) is 0 Å². The summed E-state index contributed by atoms with van der Waals surface area (Å²) in [6, 6.07) is 68.0. The number of anilines is 9. The fourth-order valence-corrected chi connectivity index (χ4v) is 11.7. The van der Waals surface area contributed by atoms with E-state index in [0.29, 0.717) is 0 Å². The molecule has 0 N–H and O–H groups in total. The summed E-state index contributed by atoms with van der Waals surface area (Å²) in [4.78, 5) is 7.26. The molecule has 5 aliphatic heterocycles. The highest BCUT2D eigenvalue weighted by Crippen LogP contribution is 2.50. The first-order chi connectivity index (χ1) is 34.0. The lowest BCUT2D eigenvalue weighted by atomic mass is 9.30. The normalized spacial score (nSPS) is 14.1. The van der Waals surface area contributed by atoms with Crippen LogP contribution in [0.3, 0.4) is 0 Å². The second kappa shape index (κ2) is 14.7. The highest BCUT2D eigenvalue weighted by molar-refractivity contribution is 7.02. The van der Waals surface area contributed by atoms with Gasteiger partial charge in [-0.25, -0.2) is 0 Å². The Morgan fingerprint density at radius 3 is 1.16 bits per heavy atom. The van der Waals surface area contributed by atoms with Gasteiger partial charge in [0.15, 0.2) is 0 Å². The third-order valence-corrected chi connectivity index (χ3v) is 15.0. The van der Waals surface area contributed by atoms with Crippen LogP contribution < -0.4 is 61.7 Å². The minimum Gasteiger partial charge on any atom is -0.458 e. The molecule has 70 heavy (non-hydrogen) atoms. The van der Waals surface area contributed by atoms with E-state index in [9.17, 15) is 0 Å². The highest BCUT2D eigenvalue weighted by Gasteiger charge is 2.50. The van der Waals surface area contributed by atoms with Gasteiger partial charge < -0.3 is 28.9 Å². The van der Waals surface area contributed by atoms with Crippen molar-refractivity contribution >= 4 is 97.4 Å². The maximum Gasteiger partial charge on any atom is 0.261 e. The Morgan fingerprint density at radius 1 is 0.343 bits per heavy atom. The fourth-order valence-electron chi connectivity index (χ4n) is 11.7. The summed E-state index contributed by atoms with van der Waals surface area (Å²) in [5.41, 5.74) is 18.4. The molecule has 0 amide bonds. The minimum absolute atomic E-state index is 0.152. The van der Waals surface area contributed by atoms with Crippen molar-refractivity contribution in [2.24, 2.45) is 0 Å². The maximum absolute atomic E-state index is 7.67. The van der Waals surface area contributed by atoms with Gasteiger partial charge in [0.05, 0.1) is 5.69 Å². The molecule has 5 heterocycles. The van der Waals surface area contributed by atoms with Gasteiger partial charge in [-0.3, -0.25) is 0 Å². The van der Waals surface area contributed by atoms with E-state index >= 15 is 0 Å². The predicted octanol–water partition coefficient (Wildman–Crippen LogP) is 12.7. The van der Waals surface area contributed by atoms with Crippen LogP contribution in [-0.4, -0.2) is 13.4 Å². The number of nitrogens with zero attached hydrogens (tertiary/aromatic N) is 3. The van der Waals surface area contributed by atoms with Crippen molar-refractivity contribution in [3.05, 3.63) is 199 Å². The molecule has 9 aromatic rings. The van der Waals surface area contributed by atoms with Crippen LogP contribution in [-0.2, 0) is 10.8 Å². The third-order valence-electron chi connectivity index (χ3n) is 15.0. The van der Waals surface area contributed by atoms with Gasteiger partial charge in [0.1, 0.15) is 34.5 Å². The van der Waals surface area contributed by atoms with E-state index in [-0.39, 0.29) is 24.3 Å². The van der Waals surface area contributed by atoms with Crippen LogP contribution in [0.5, 0.6) is 34.5 Å². The number of para-hydroxylation sites is 4. The Balaban J connectivity index is 1.14. The summed E-state index contributed by atoms with van der Waals surface area (Å²) >= 11 is 0. The molecule has 0 atom stereocenters. The molecule has 0 saturated heterocycles. The molecule has 0 unspecified atom stereocenters. The van der Waals surface area contributed by atoms with Crippen molar-refractivity contribution < 1.29 is 14.2 Å². The lowest BCUT2D eigenvalue weighted by Crippen LogP contribution is -2.64. The molecule has 5 aliphatic rings. The summed E-state index contributed by atoms with van der Waals surface area (Å²) in [6.45, 7) is 13.3. The zero-order chi connectivity index (χ0) is 47.2. The molecule has 336 valence electrons. The number of hydrogen-bond acceptors (Lipinski definition) is 6. The molecule has 0 aromatic heterocycles. The number of rotatable bonds is 5. The first kappa shape index (κ1) is 40.9. The Morgan fingerprint density at radius 2 is 0.729 bits per heavy atom. The van der Waals surface area contributed by atoms with Crippen molar-refractivity contribution in [1.29, 1.82) is 0 Å². The quantitative estimate of drug-likeness (QED) is 0.160. The van der Waals surface area contributed by atoms with Gasteiger partial charge in [0.2, 0.25) is 0 Å². The van der Waals surface area contributed by atoms with E-state index in [2.05, 4.69) is 244 Å². The smallest absolute Gasteiger partial charge is 0.261 e. The third kappa shape index (κ3) is 6.02. The Kier molecular flexibility index (Phi) is 8.60. The van der Waals surface area contributed by atoms with Crippen LogP contribution in [0.4, 0.5) is 51.2 Å². The topological polar surface area (TPSA) is 37.4 Å². The summed E-state index contributed by atoms with van der Waals surface area (Å²) in [5.74, 6) is 4.79. The second-order valence-corrected chi connectivity index (χ2v) is 21.3. The van der Waals surface area contributed by atoms with Crippen molar-refractivity contribution in [1.82, 2.24) is 0 Å². The zero-order valence-electron chi connectivity index (χ0n) is 40.1. The van der Waals surface area contributed by atoms with E-state index in [1.165, 1.54) is 22.1 Å². The van der Waals surface area contributed by atoms with Crippen LogP contribution in [0.2, 0.25) is 0 Å². The van der Waals surface area contributed by atoms with E-state index in [0.717, 1.165) is 108 Å². The number of hydrogen-bond donors (Lipinski definition) is 0. The van der Waals surface area contributed by atoms with Gasteiger partial charge in [-0.05, 0) is 135 Å². The first-order valence-corrected chi connectivity index (χ1v) is 24.5. The number of benzene rings is 9. The summed E-state index contributed by atoms with van der Waals surface area (Å²) in [5, 5.41) is 0. The van der Waals surface area contributed by atoms with Gasteiger partial charge in [0.25, 0.3) is 13.4 Å². The summed E-state index contributed by atoms with van der Waals surface area (Å²) in [7, 11) is 0. The number of ether oxygens (including phenoxy) is 3. The van der Waals surface area contributed by atoms with Gasteiger partial charge >= 0.3 is 0 Å². The largest absolute Gasteiger partial charge is 0.458 e. The van der Waals surface area contributed by atoms with Gasteiger partial charge in [0, 0.05) is 68.6 Å². The van der Waals surface area contributed by atoms with E-state index in [1.807, 2.05) is 0 Å². The monoisotopic (exact) mass is 905 g/mol. The van der Waals surface area contributed by atoms with E-state index < -0.39 is 0 Å². The molecule has 0 saturated carbocycles. The molecule has 0 aliphatic carbocycles. The molecule has 14 rings (SSSR count). The van der Waals surface area contributed by atoms with Crippen LogP contribution in [0.15, 0.2) is 188 Å². The van der Waals surface area contributed by atoms with Crippen LogP contribution in [0, 0.1) is 0 Å². The Bertz CT molecular complexity index is 3590. The highest BCUT2D eigenvalue weighted by atomic mass is 16.5. The summed E-state index contributed by atoms with van der Waals surface area (Å²) < 4.78 is 22.3. The van der Waals surface area contributed by atoms with Crippen LogP contribution in [0.1, 0.15) is 52.7 Å². The minimum atomic E-state index is -0.243. The molecule has 2 bridgehead atoms. The molecular weight excluding hydrogens is 856 g/mol. The average molecular weight is 906 g/mol. The molecule has 9 aromatic carbocycles. The zero-order valence-corrected chi connectivity index (χ0v) is 40.1. The maximum atomic E-state index is 7.67. The van der Waals surface area contributed by atoms with Crippen molar-refractivity contribution in [2.45, 2.75) is 52.4 Å². The lowest BCUT2D eigenvalue weighted by Gasteiger charge is -2.46. The standard InChI is InChI=1S/C62H49B2N3O3/c1-61(2,3)38-30-49-57-53(32-38)68-51-28-19-29-52-59(51)63(57)45-36-46-48(37-47(45)66(49)42-24-15-9-16-25-42)67(43-26-17-10-18-27-43)50-31-39(62(4,5)6)33-54-58(50)64(46)60-55(69-52)34-44(35-56(60)70-54)65(40-20-11-7-12-21-40)41-22-13-8-14-23-41/h7-37H,1-6H3. The fraction of sp³-hybridized carbons (Fsp3) is 0.129. The molecule has 6 nitrogen and oxygen atoms in total. The van der Waals surface area contributed by atoms with Gasteiger partial charge in [-0.2, -0.15) is 0 Å². The molecular formula is C62H49B2N3O3. The second-order valence-electron chi connectivity index (χ2n) is 21.3. The van der Waals surface area contributed by atoms with E-state index in [4.69, 9.17) is 14.2 Å². The summed E-state index contributed by atoms with van der Waals surface area (Å²) in [6.07, 6.45) is 0. The van der Waals surface area contributed by atoms with Crippen molar-refractivity contribution in [3.63, 3.8) is 0 Å². The molecule has 0 fully saturated rings. The predicted molar refractivity (Wildman–Crippen MR) is 290 cm³/mol. The van der Waals surface area contributed by atoms with Crippen LogP contribution in [0.25, 0.3) is 0 Å². The van der Waals surface area contributed by atoms with Crippen molar-refractivity contribution in [3.8, 4) is 34.5 Å². The molecule has 8 heteroatoms. The van der Waals surface area contributed by atoms with Crippen molar-refractivity contribution in [2.75, 3.05) is 14.7 Å². The average Bonchev–Trinajstić information content (AvgIpc) is 3.36. The molecule has 0 radical (unpaired) electrons. The van der Waals surface area contributed by atoms with Crippen LogP contribution >= 0.6 is 0 Å². The Hall–Kier alpha value is -8.09. The first-order valence-electron chi connectivity index (χ1n) is 24.5. The molecule has 0 spiro atoms. The Labute approximate surface area is 410 Å². The van der Waals surface area contributed by atoms with Gasteiger partial charge in [-0.15, -0.1) is 0 Å². The van der Waals surface area contributed by atoms with Gasteiger partial charge in [-0.1, -0.05) is 126 Å². The lowest BCUT2D eigenvalue weighted by molar-refractivity contribution is 0.458. The SMILES string of the molecule is CC(C)(C)c1cc2c3c(c1)N(c1ccccc1)c1cc4c5cc1B3c1c(cccc1O2)Oc1cc(N(c2ccccc2)c2ccccc2)cc2c1B5c1c(cc(C(C)(C)C)cc1N4c1ccccc1)O2.